The zero-order chi connectivity index (χ0) is 18.2. The lowest BCUT2D eigenvalue weighted by atomic mass is 10.3. The number of ether oxygens (including phenoxy) is 3. The van der Waals surface area contributed by atoms with Crippen LogP contribution in [0.5, 0.6) is 11.5 Å². The molecular weight excluding hydrogens is 346 g/mol. The number of carbonyl (C=O) groups excluding carboxylic acids is 2. The molecule has 25 heavy (non-hydrogen) atoms. The van der Waals surface area contributed by atoms with E-state index in [4.69, 9.17) is 25.8 Å². The van der Waals surface area contributed by atoms with Gasteiger partial charge in [-0.3, -0.25) is 4.79 Å². The van der Waals surface area contributed by atoms with Gasteiger partial charge in [0.25, 0.3) is 5.91 Å². The number of anilines is 1. The number of benzene rings is 2. The summed E-state index contributed by atoms with van der Waals surface area (Å²) in [6.07, 6.45) is -0.861. The SMILES string of the molecule is COc1ccccc1NC(=O)COC(=O)C(C)Oc1ccc(Cl)cc1. The monoisotopic (exact) mass is 363 g/mol. The molecule has 0 aliphatic rings. The summed E-state index contributed by atoms with van der Waals surface area (Å²) in [7, 11) is 1.50. The van der Waals surface area contributed by atoms with E-state index < -0.39 is 24.6 Å². The Balaban J connectivity index is 1.82. The molecule has 1 atom stereocenters. The van der Waals surface area contributed by atoms with Gasteiger partial charge in [-0.25, -0.2) is 4.79 Å². The summed E-state index contributed by atoms with van der Waals surface area (Å²) in [4.78, 5) is 23.8. The van der Waals surface area contributed by atoms with Crippen molar-refractivity contribution in [3.05, 3.63) is 53.6 Å². The number of halogens is 1. The summed E-state index contributed by atoms with van der Waals surface area (Å²) in [6, 6.07) is 13.5. The second-order valence-electron chi connectivity index (χ2n) is 5.07. The molecule has 2 rings (SSSR count). The molecule has 0 fully saturated rings. The largest absolute Gasteiger partial charge is 0.495 e. The molecule has 1 N–H and O–H groups in total. The van der Waals surface area contributed by atoms with Crippen molar-refractivity contribution in [2.75, 3.05) is 19.0 Å². The predicted molar refractivity (Wildman–Crippen MR) is 94.1 cm³/mol. The smallest absolute Gasteiger partial charge is 0.347 e. The second kappa shape index (κ2) is 8.94. The van der Waals surface area contributed by atoms with E-state index in [2.05, 4.69) is 5.32 Å². The number of para-hydroxylation sites is 2. The van der Waals surface area contributed by atoms with Crippen LogP contribution in [-0.4, -0.2) is 31.7 Å². The third-order valence-corrected chi connectivity index (χ3v) is 3.44. The van der Waals surface area contributed by atoms with Gasteiger partial charge in [0.05, 0.1) is 12.8 Å². The van der Waals surface area contributed by atoms with Crippen LogP contribution in [0, 0.1) is 0 Å². The highest BCUT2D eigenvalue weighted by atomic mass is 35.5. The molecule has 1 amide bonds. The van der Waals surface area contributed by atoms with Crippen molar-refractivity contribution in [3.63, 3.8) is 0 Å². The standard InChI is InChI=1S/C18H18ClNO5/c1-12(25-14-9-7-13(19)8-10-14)18(22)24-11-17(21)20-15-5-3-4-6-16(15)23-2/h3-10,12H,11H2,1-2H3,(H,20,21). The Kier molecular flexibility index (Phi) is 6.65. The first-order valence-electron chi connectivity index (χ1n) is 7.51. The first-order valence-corrected chi connectivity index (χ1v) is 7.89. The number of nitrogens with one attached hydrogen (secondary N) is 1. The minimum Gasteiger partial charge on any atom is -0.495 e. The van der Waals surface area contributed by atoms with E-state index in [-0.39, 0.29) is 0 Å². The Hall–Kier alpha value is -2.73. The maximum Gasteiger partial charge on any atom is 0.347 e. The molecule has 0 spiro atoms. The Labute approximate surface area is 150 Å². The molecule has 7 heteroatoms. The highest BCUT2D eigenvalue weighted by Crippen LogP contribution is 2.22. The van der Waals surface area contributed by atoms with Gasteiger partial charge in [0.15, 0.2) is 12.7 Å². The molecule has 0 aliphatic carbocycles. The van der Waals surface area contributed by atoms with Crippen molar-refractivity contribution in [1.82, 2.24) is 0 Å². The Morgan fingerprint density at radius 1 is 1.12 bits per heavy atom. The Bertz CT molecular complexity index is 733. The van der Waals surface area contributed by atoms with Gasteiger partial charge in [0, 0.05) is 5.02 Å². The summed E-state index contributed by atoms with van der Waals surface area (Å²) in [5, 5.41) is 3.18. The first-order chi connectivity index (χ1) is 12.0. The Morgan fingerprint density at radius 2 is 1.80 bits per heavy atom. The molecule has 0 bridgehead atoms. The van der Waals surface area contributed by atoms with Crippen molar-refractivity contribution >= 4 is 29.2 Å². The van der Waals surface area contributed by atoms with Crippen LogP contribution in [-0.2, 0) is 14.3 Å². The number of carbonyl (C=O) groups is 2. The molecular formula is C18H18ClNO5. The fraction of sp³-hybridized carbons (Fsp3) is 0.222. The van der Waals surface area contributed by atoms with Crippen molar-refractivity contribution < 1.29 is 23.8 Å². The van der Waals surface area contributed by atoms with Crippen LogP contribution in [0.15, 0.2) is 48.5 Å². The molecule has 0 radical (unpaired) electrons. The van der Waals surface area contributed by atoms with Crippen molar-refractivity contribution in [2.45, 2.75) is 13.0 Å². The van der Waals surface area contributed by atoms with Gasteiger partial charge in [-0.05, 0) is 43.3 Å². The molecule has 2 aromatic carbocycles. The number of methoxy groups -OCH3 is 1. The molecule has 0 saturated carbocycles. The highest BCUT2D eigenvalue weighted by Gasteiger charge is 2.18. The van der Waals surface area contributed by atoms with Crippen LogP contribution in [0.3, 0.4) is 0 Å². The minimum absolute atomic E-state index is 0.425. The van der Waals surface area contributed by atoms with E-state index in [1.807, 2.05) is 0 Å². The maximum absolute atomic E-state index is 11.9. The van der Waals surface area contributed by atoms with E-state index in [1.54, 1.807) is 48.5 Å². The third kappa shape index (κ3) is 5.69. The molecule has 6 nitrogen and oxygen atoms in total. The van der Waals surface area contributed by atoms with Crippen LogP contribution in [0.2, 0.25) is 5.02 Å². The maximum atomic E-state index is 11.9. The summed E-state index contributed by atoms with van der Waals surface area (Å²) < 4.78 is 15.5. The number of amides is 1. The average molecular weight is 364 g/mol. The fourth-order valence-electron chi connectivity index (χ4n) is 1.95. The molecule has 0 aromatic heterocycles. The summed E-state index contributed by atoms with van der Waals surface area (Å²) in [5.41, 5.74) is 0.497. The van der Waals surface area contributed by atoms with E-state index in [9.17, 15) is 9.59 Å². The van der Waals surface area contributed by atoms with Crippen LogP contribution in [0.4, 0.5) is 5.69 Å². The Morgan fingerprint density at radius 3 is 2.48 bits per heavy atom. The molecule has 2 aromatic rings. The lowest BCUT2D eigenvalue weighted by molar-refractivity contribution is -0.153. The zero-order valence-corrected chi connectivity index (χ0v) is 14.6. The summed E-state index contributed by atoms with van der Waals surface area (Å²) in [5.74, 6) is -0.129. The van der Waals surface area contributed by atoms with E-state index in [0.29, 0.717) is 22.2 Å². The molecule has 132 valence electrons. The normalized spacial score (nSPS) is 11.3. The van der Waals surface area contributed by atoms with Crippen LogP contribution < -0.4 is 14.8 Å². The quantitative estimate of drug-likeness (QED) is 0.764. The number of hydrogen-bond acceptors (Lipinski definition) is 5. The predicted octanol–water partition coefficient (Wildman–Crippen LogP) is 3.30. The third-order valence-electron chi connectivity index (χ3n) is 3.19. The molecule has 0 saturated heterocycles. The van der Waals surface area contributed by atoms with Gasteiger partial charge < -0.3 is 19.5 Å². The molecule has 0 heterocycles. The first kappa shape index (κ1) is 18.6. The number of hydrogen-bond donors (Lipinski definition) is 1. The average Bonchev–Trinajstić information content (AvgIpc) is 2.62. The van der Waals surface area contributed by atoms with E-state index >= 15 is 0 Å². The van der Waals surface area contributed by atoms with Crippen molar-refractivity contribution in [2.24, 2.45) is 0 Å². The summed E-state index contributed by atoms with van der Waals surface area (Å²) >= 11 is 5.78. The van der Waals surface area contributed by atoms with Gasteiger partial charge >= 0.3 is 5.97 Å². The van der Waals surface area contributed by atoms with Gasteiger partial charge in [-0.15, -0.1) is 0 Å². The van der Waals surface area contributed by atoms with Gasteiger partial charge in [-0.2, -0.15) is 0 Å². The second-order valence-corrected chi connectivity index (χ2v) is 5.51. The topological polar surface area (TPSA) is 73.9 Å². The molecule has 1 unspecified atom stereocenters. The fourth-order valence-corrected chi connectivity index (χ4v) is 2.08. The van der Waals surface area contributed by atoms with Gasteiger partial charge in [0.2, 0.25) is 0 Å². The van der Waals surface area contributed by atoms with Crippen LogP contribution in [0.25, 0.3) is 0 Å². The van der Waals surface area contributed by atoms with Crippen LogP contribution in [0.1, 0.15) is 6.92 Å². The van der Waals surface area contributed by atoms with Crippen molar-refractivity contribution in [1.29, 1.82) is 0 Å². The zero-order valence-electron chi connectivity index (χ0n) is 13.8. The molecule has 0 aliphatic heterocycles. The summed E-state index contributed by atoms with van der Waals surface area (Å²) in [6.45, 7) is 1.11. The van der Waals surface area contributed by atoms with Gasteiger partial charge in [0.1, 0.15) is 11.5 Å². The van der Waals surface area contributed by atoms with Crippen LogP contribution >= 0.6 is 11.6 Å². The van der Waals surface area contributed by atoms with E-state index in [1.165, 1.54) is 14.0 Å². The number of esters is 1. The highest BCUT2D eigenvalue weighted by molar-refractivity contribution is 6.30. The number of rotatable bonds is 7. The van der Waals surface area contributed by atoms with Gasteiger partial charge in [-0.1, -0.05) is 23.7 Å². The minimum atomic E-state index is -0.861. The van der Waals surface area contributed by atoms with Crippen molar-refractivity contribution in [3.8, 4) is 11.5 Å². The lowest BCUT2D eigenvalue weighted by Gasteiger charge is -2.14. The lowest BCUT2D eigenvalue weighted by Crippen LogP contribution is -2.29. The van der Waals surface area contributed by atoms with E-state index in [0.717, 1.165) is 0 Å².